The monoisotopic (exact) mass is 288 g/mol. The molecule has 3 aromatic rings. The summed E-state index contributed by atoms with van der Waals surface area (Å²) in [7, 11) is 0. The van der Waals surface area contributed by atoms with Crippen molar-refractivity contribution in [3.63, 3.8) is 0 Å². The lowest BCUT2D eigenvalue weighted by molar-refractivity contribution is 0.616. The van der Waals surface area contributed by atoms with Gasteiger partial charge in [-0.3, -0.25) is 4.57 Å². The van der Waals surface area contributed by atoms with Crippen LogP contribution in [0.2, 0.25) is 0 Å². The molecule has 2 nitrogen and oxygen atoms in total. The lowest BCUT2D eigenvalue weighted by atomic mass is 10.2. The van der Waals surface area contributed by atoms with Crippen molar-refractivity contribution in [2.75, 3.05) is 0 Å². The van der Waals surface area contributed by atoms with Gasteiger partial charge < -0.3 is 0 Å². The quantitative estimate of drug-likeness (QED) is 0.621. The molecule has 0 radical (unpaired) electrons. The van der Waals surface area contributed by atoms with Crippen LogP contribution in [0.1, 0.15) is 23.7 Å². The van der Waals surface area contributed by atoms with Gasteiger partial charge in [0.25, 0.3) is 0 Å². The van der Waals surface area contributed by atoms with Crippen molar-refractivity contribution in [1.82, 2.24) is 9.55 Å². The molecule has 4 heteroatoms. The Labute approximate surface area is 121 Å². The minimum Gasteiger partial charge on any atom is -0.292 e. The van der Waals surface area contributed by atoms with Crippen LogP contribution in [0.4, 0.5) is 4.39 Å². The maximum absolute atomic E-state index is 14.1. The second-order valence-corrected chi connectivity index (χ2v) is 5.52. The van der Waals surface area contributed by atoms with Crippen LogP contribution in [0.3, 0.4) is 0 Å². The van der Waals surface area contributed by atoms with Crippen molar-refractivity contribution < 1.29 is 4.39 Å². The highest BCUT2D eigenvalue weighted by Crippen LogP contribution is 2.29. The maximum atomic E-state index is 14.1. The van der Waals surface area contributed by atoms with E-state index < -0.39 is 0 Å². The normalized spacial score (nSPS) is 12.8. The van der Waals surface area contributed by atoms with E-state index in [4.69, 9.17) is 11.6 Å². The Morgan fingerprint density at radius 2 is 1.95 bits per heavy atom. The first-order valence-corrected chi connectivity index (χ1v) is 6.89. The standard InChI is InChI=1S/C16H14ClFN2/c1-10-7-8-15-13(9-10)19-16(11(2)17)20(15)14-6-4-3-5-12(14)18/h3-9,11H,1-2H3. The van der Waals surface area contributed by atoms with Crippen LogP contribution < -0.4 is 0 Å². The molecule has 102 valence electrons. The topological polar surface area (TPSA) is 17.8 Å². The first kappa shape index (κ1) is 13.1. The Kier molecular flexibility index (Phi) is 3.22. The summed E-state index contributed by atoms with van der Waals surface area (Å²) < 4.78 is 15.9. The predicted molar refractivity (Wildman–Crippen MR) is 80.0 cm³/mol. The highest BCUT2D eigenvalue weighted by molar-refractivity contribution is 6.20. The molecule has 2 aromatic carbocycles. The number of hydrogen-bond acceptors (Lipinski definition) is 1. The molecule has 1 aromatic heterocycles. The largest absolute Gasteiger partial charge is 0.292 e. The van der Waals surface area contributed by atoms with E-state index in [-0.39, 0.29) is 11.2 Å². The van der Waals surface area contributed by atoms with Crippen LogP contribution in [0.25, 0.3) is 16.7 Å². The Hall–Kier alpha value is -1.87. The van der Waals surface area contributed by atoms with Gasteiger partial charge >= 0.3 is 0 Å². The van der Waals surface area contributed by atoms with E-state index >= 15 is 0 Å². The summed E-state index contributed by atoms with van der Waals surface area (Å²) in [5.74, 6) is 0.364. The summed E-state index contributed by atoms with van der Waals surface area (Å²) in [4.78, 5) is 4.55. The van der Waals surface area contributed by atoms with Gasteiger partial charge in [-0.05, 0) is 43.7 Å². The molecule has 0 spiro atoms. The van der Waals surface area contributed by atoms with E-state index in [2.05, 4.69) is 4.98 Å². The average molecular weight is 289 g/mol. The molecule has 0 aliphatic rings. The van der Waals surface area contributed by atoms with Crippen LogP contribution in [0.5, 0.6) is 0 Å². The van der Waals surface area contributed by atoms with Crippen molar-refractivity contribution in [1.29, 1.82) is 0 Å². The third-order valence-electron chi connectivity index (χ3n) is 3.29. The van der Waals surface area contributed by atoms with Gasteiger partial charge in [0.1, 0.15) is 11.6 Å². The van der Waals surface area contributed by atoms with Gasteiger partial charge in [0.2, 0.25) is 0 Å². The third kappa shape index (κ3) is 2.08. The number of para-hydroxylation sites is 1. The van der Waals surface area contributed by atoms with Crippen molar-refractivity contribution in [3.8, 4) is 5.69 Å². The highest BCUT2D eigenvalue weighted by Gasteiger charge is 2.18. The van der Waals surface area contributed by atoms with E-state index in [1.54, 1.807) is 22.8 Å². The van der Waals surface area contributed by atoms with Crippen molar-refractivity contribution in [2.24, 2.45) is 0 Å². The molecule has 1 heterocycles. The number of imidazole rings is 1. The number of benzene rings is 2. The second-order valence-electron chi connectivity index (χ2n) is 4.86. The summed E-state index contributed by atoms with van der Waals surface area (Å²) >= 11 is 6.22. The first-order chi connectivity index (χ1) is 9.58. The predicted octanol–water partition coefficient (Wildman–Crippen LogP) is 4.77. The Balaban J connectivity index is 2.38. The van der Waals surface area contributed by atoms with Crippen LogP contribution in [-0.4, -0.2) is 9.55 Å². The smallest absolute Gasteiger partial charge is 0.147 e. The second kappa shape index (κ2) is 4.91. The molecule has 0 aliphatic carbocycles. The first-order valence-electron chi connectivity index (χ1n) is 6.46. The lowest BCUT2D eigenvalue weighted by Crippen LogP contribution is -2.03. The van der Waals surface area contributed by atoms with E-state index in [9.17, 15) is 4.39 Å². The van der Waals surface area contributed by atoms with Gasteiger partial charge in [-0.1, -0.05) is 18.2 Å². The van der Waals surface area contributed by atoms with Crippen molar-refractivity contribution in [2.45, 2.75) is 19.2 Å². The third-order valence-corrected chi connectivity index (χ3v) is 3.48. The van der Waals surface area contributed by atoms with E-state index in [0.717, 1.165) is 16.6 Å². The number of alkyl halides is 1. The van der Waals surface area contributed by atoms with Gasteiger partial charge in [0.15, 0.2) is 0 Å². The van der Waals surface area contributed by atoms with Crippen molar-refractivity contribution in [3.05, 3.63) is 59.7 Å². The van der Waals surface area contributed by atoms with Gasteiger partial charge in [-0.15, -0.1) is 11.6 Å². The molecular formula is C16H14ClFN2. The zero-order chi connectivity index (χ0) is 14.3. The van der Waals surface area contributed by atoms with Crippen LogP contribution >= 0.6 is 11.6 Å². The molecule has 1 atom stereocenters. The minimum atomic E-state index is -0.303. The SMILES string of the molecule is Cc1ccc2c(c1)nc(C(C)Cl)n2-c1ccccc1F. The van der Waals surface area contributed by atoms with Gasteiger partial charge in [0, 0.05) is 0 Å². The average Bonchev–Trinajstić information content (AvgIpc) is 2.78. The molecule has 1 unspecified atom stereocenters. The van der Waals surface area contributed by atoms with E-state index in [1.165, 1.54) is 6.07 Å². The van der Waals surface area contributed by atoms with Crippen LogP contribution in [0.15, 0.2) is 42.5 Å². The van der Waals surface area contributed by atoms with Crippen LogP contribution in [-0.2, 0) is 0 Å². The van der Waals surface area contributed by atoms with Gasteiger partial charge in [-0.2, -0.15) is 0 Å². The molecule has 0 fully saturated rings. The summed E-state index contributed by atoms with van der Waals surface area (Å²) in [5.41, 5.74) is 3.28. The summed E-state index contributed by atoms with van der Waals surface area (Å²) in [6, 6.07) is 12.6. The fraction of sp³-hybridized carbons (Fsp3) is 0.188. The van der Waals surface area contributed by atoms with Gasteiger partial charge in [-0.25, -0.2) is 9.37 Å². The van der Waals surface area contributed by atoms with E-state index in [1.807, 2.05) is 32.0 Å². The summed E-state index contributed by atoms with van der Waals surface area (Å²) in [6.07, 6.45) is 0. The molecule has 3 rings (SSSR count). The molecular weight excluding hydrogens is 275 g/mol. The molecule has 0 saturated carbocycles. The number of rotatable bonds is 2. The molecule has 0 amide bonds. The zero-order valence-electron chi connectivity index (χ0n) is 11.3. The molecule has 0 aliphatic heterocycles. The van der Waals surface area contributed by atoms with E-state index in [0.29, 0.717) is 11.5 Å². The fourth-order valence-electron chi connectivity index (χ4n) is 2.36. The molecule has 0 N–H and O–H groups in total. The summed E-state index contributed by atoms with van der Waals surface area (Å²) in [5, 5.41) is -0.303. The number of halogens is 2. The van der Waals surface area contributed by atoms with Crippen molar-refractivity contribution >= 4 is 22.6 Å². The number of nitrogens with zero attached hydrogens (tertiary/aromatic N) is 2. The Morgan fingerprint density at radius 1 is 1.20 bits per heavy atom. The molecule has 0 saturated heterocycles. The Bertz CT molecular complexity index is 777. The number of aromatic nitrogens is 2. The number of aryl methyl sites for hydroxylation is 1. The highest BCUT2D eigenvalue weighted by atomic mass is 35.5. The fourth-order valence-corrected chi connectivity index (χ4v) is 2.51. The summed E-state index contributed by atoms with van der Waals surface area (Å²) in [6.45, 7) is 3.85. The zero-order valence-corrected chi connectivity index (χ0v) is 12.0. The van der Waals surface area contributed by atoms with Gasteiger partial charge in [0.05, 0.1) is 22.1 Å². The molecule has 0 bridgehead atoms. The number of hydrogen-bond donors (Lipinski definition) is 0. The minimum absolute atomic E-state index is 0.286. The molecule has 20 heavy (non-hydrogen) atoms. The maximum Gasteiger partial charge on any atom is 0.147 e. The van der Waals surface area contributed by atoms with Crippen LogP contribution in [0, 0.1) is 12.7 Å². The number of fused-ring (bicyclic) bond motifs is 1. The Morgan fingerprint density at radius 3 is 2.65 bits per heavy atom. The lowest BCUT2D eigenvalue weighted by Gasteiger charge is -2.11.